The number of pyridine rings is 1. The average Bonchev–Trinajstić information content (AvgIpc) is 2.69. The van der Waals surface area contributed by atoms with E-state index in [0.717, 1.165) is 11.1 Å². The molecule has 0 unspecified atom stereocenters. The van der Waals surface area contributed by atoms with Gasteiger partial charge in [0.1, 0.15) is 5.75 Å². The zero-order valence-corrected chi connectivity index (χ0v) is 14.6. The molecule has 0 spiro atoms. The van der Waals surface area contributed by atoms with Crippen LogP contribution in [0.4, 0.5) is 0 Å². The van der Waals surface area contributed by atoms with Gasteiger partial charge in [0.05, 0.1) is 19.6 Å². The number of hydrogen-bond acceptors (Lipinski definition) is 5. The first kappa shape index (κ1) is 18.1. The number of nitrogens with zero attached hydrogens (tertiary/aromatic N) is 1. The molecule has 8 nitrogen and oxygen atoms in total. The van der Waals surface area contributed by atoms with Gasteiger partial charge in [0.25, 0.3) is 5.56 Å². The number of ether oxygens (including phenoxy) is 1. The molecular weight excluding hydrogens is 348 g/mol. The van der Waals surface area contributed by atoms with Crippen LogP contribution < -0.4 is 21.3 Å². The fraction of sp³-hybridized carbons (Fsp3) is 0.158. The van der Waals surface area contributed by atoms with Gasteiger partial charge in [0.2, 0.25) is 5.91 Å². The lowest BCUT2D eigenvalue weighted by Crippen LogP contribution is -2.33. The van der Waals surface area contributed by atoms with Crippen molar-refractivity contribution in [2.45, 2.75) is 12.5 Å². The van der Waals surface area contributed by atoms with Gasteiger partial charge in [0.15, 0.2) is 0 Å². The summed E-state index contributed by atoms with van der Waals surface area (Å²) < 4.78 is 5.17. The standard InChI is InChI=1S/C19H18N4O4/c1-27-15-4-2-12(3-5-15)17(13-6-8-20-9-7-13)22-16(24)10-14-11-21-19(26)23-18(14)25/h2-9,11,17H,10H2,1H3,(H,22,24)(H2,21,23,25,26)/t17-/m1/s1. The Morgan fingerprint density at radius 3 is 2.41 bits per heavy atom. The Kier molecular flexibility index (Phi) is 5.46. The number of rotatable bonds is 6. The van der Waals surface area contributed by atoms with Crippen molar-refractivity contribution in [2.75, 3.05) is 7.11 Å². The molecule has 0 saturated heterocycles. The lowest BCUT2D eigenvalue weighted by Gasteiger charge is -2.20. The molecule has 0 bridgehead atoms. The van der Waals surface area contributed by atoms with Crippen LogP contribution in [0.2, 0.25) is 0 Å². The van der Waals surface area contributed by atoms with E-state index in [9.17, 15) is 14.4 Å². The molecule has 0 aliphatic carbocycles. The first-order chi connectivity index (χ1) is 13.1. The van der Waals surface area contributed by atoms with E-state index < -0.39 is 17.3 Å². The van der Waals surface area contributed by atoms with Crippen LogP contribution in [0.25, 0.3) is 0 Å². The largest absolute Gasteiger partial charge is 0.497 e. The van der Waals surface area contributed by atoms with Crippen LogP contribution in [0, 0.1) is 0 Å². The minimum atomic E-state index is -0.614. The van der Waals surface area contributed by atoms with Gasteiger partial charge >= 0.3 is 5.69 Å². The SMILES string of the molecule is COc1ccc([C@@H](NC(=O)Cc2c[nH]c(=O)[nH]c2=O)c2ccncc2)cc1. The highest BCUT2D eigenvalue weighted by atomic mass is 16.5. The third kappa shape index (κ3) is 4.49. The van der Waals surface area contributed by atoms with Crippen LogP contribution in [0.3, 0.4) is 0 Å². The summed E-state index contributed by atoms with van der Waals surface area (Å²) in [6.45, 7) is 0. The Labute approximate surface area is 154 Å². The summed E-state index contributed by atoms with van der Waals surface area (Å²) in [6, 6.07) is 10.5. The quantitative estimate of drug-likeness (QED) is 0.600. The van der Waals surface area contributed by atoms with Crippen molar-refractivity contribution in [3.05, 3.63) is 92.5 Å². The summed E-state index contributed by atoms with van der Waals surface area (Å²) in [5.74, 6) is 0.350. The zero-order chi connectivity index (χ0) is 19.2. The van der Waals surface area contributed by atoms with Gasteiger partial charge in [-0.25, -0.2) is 4.79 Å². The van der Waals surface area contributed by atoms with Crippen LogP contribution >= 0.6 is 0 Å². The molecule has 0 aliphatic rings. The van der Waals surface area contributed by atoms with Gasteiger partial charge in [-0.05, 0) is 35.4 Å². The minimum Gasteiger partial charge on any atom is -0.497 e. The summed E-state index contributed by atoms with van der Waals surface area (Å²) in [5.41, 5.74) is 0.677. The normalized spacial score (nSPS) is 11.6. The van der Waals surface area contributed by atoms with Crippen molar-refractivity contribution in [3.8, 4) is 5.75 Å². The number of aromatic nitrogens is 3. The Morgan fingerprint density at radius 1 is 1.11 bits per heavy atom. The fourth-order valence-corrected chi connectivity index (χ4v) is 2.67. The van der Waals surface area contributed by atoms with Gasteiger partial charge in [-0.15, -0.1) is 0 Å². The Bertz CT molecular complexity index is 1030. The molecule has 0 radical (unpaired) electrons. The molecule has 0 fully saturated rings. The lowest BCUT2D eigenvalue weighted by atomic mass is 9.99. The number of amides is 1. The third-order valence-corrected chi connectivity index (χ3v) is 4.04. The van der Waals surface area contributed by atoms with Gasteiger partial charge in [-0.2, -0.15) is 0 Å². The van der Waals surface area contributed by atoms with Crippen molar-refractivity contribution >= 4 is 5.91 Å². The predicted molar refractivity (Wildman–Crippen MR) is 98.6 cm³/mol. The lowest BCUT2D eigenvalue weighted by molar-refractivity contribution is -0.121. The molecule has 1 amide bonds. The van der Waals surface area contributed by atoms with E-state index in [1.165, 1.54) is 6.20 Å². The second-order valence-electron chi connectivity index (χ2n) is 5.83. The van der Waals surface area contributed by atoms with Crippen LogP contribution in [0.1, 0.15) is 22.7 Å². The molecule has 2 heterocycles. The van der Waals surface area contributed by atoms with E-state index in [1.807, 2.05) is 36.4 Å². The van der Waals surface area contributed by atoms with Gasteiger partial charge in [-0.3, -0.25) is 19.6 Å². The summed E-state index contributed by atoms with van der Waals surface area (Å²) in [7, 11) is 1.58. The number of hydrogen-bond donors (Lipinski definition) is 3. The highest BCUT2D eigenvalue weighted by Crippen LogP contribution is 2.23. The second kappa shape index (κ2) is 8.13. The van der Waals surface area contributed by atoms with E-state index in [4.69, 9.17) is 4.74 Å². The highest BCUT2D eigenvalue weighted by molar-refractivity contribution is 5.79. The average molecular weight is 366 g/mol. The summed E-state index contributed by atoms with van der Waals surface area (Å²) in [6.07, 6.45) is 4.37. The molecule has 3 rings (SSSR count). The smallest absolute Gasteiger partial charge is 0.325 e. The van der Waals surface area contributed by atoms with Crippen molar-refractivity contribution in [2.24, 2.45) is 0 Å². The monoisotopic (exact) mass is 366 g/mol. The Hall–Kier alpha value is -3.68. The molecular formula is C19H18N4O4. The molecule has 0 aliphatic heterocycles. The van der Waals surface area contributed by atoms with Crippen molar-refractivity contribution < 1.29 is 9.53 Å². The fourth-order valence-electron chi connectivity index (χ4n) is 2.67. The maximum absolute atomic E-state index is 12.5. The number of carbonyl (C=O) groups excluding carboxylic acids is 1. The zero-order valence-electron chi connectivity index (χ0n) is 14.6. The van der Waals surface area contributed by atoms with E-state index in [-0.39, 0.29) is 17.9 Å². The minimum absolute atomic E-state index is 0.163. The van der Waals surface area contributed by atoms with E-state index >= 15 is 0 Å². The second-order valence-corrected chi connectivity index (χ2v) is 5.83. The third-order valence-electron chi connectivity index (χ3n) is 4.04. The van der Waals surface area contributed by atoms with Gasteiger partial charge in [-0.1, -0.05) is 12.1 Å². The molecule has 1 aromatic carbocycles. The number of methoxy groups -OCH3 is 1. The number of benzene rings is 1. The van der Waals surface area contributed by atoms with E-state index in [1.54, 1.807) is 19.5 Å². The van der Waals surface area contributed by atoms with Crippen LogP contribution in [0.15, 0.2) is 64.6 Å². The summed E-state index contributed by atoms with van der Waals surface area (Å²) >= 11 is 0. The first-order valence-corrected chi connectivity index (χ1v) is 8.21. The van der Waals surface area contributed by atoms with E-state index in [2.05, 4.69) is 20.3 Å². The molecule has 1 atom stereocenters. The Balaban J connectivity index is 1.85. The summed E-state index contributed by atoms with van der Waals surface area (Å²) in [4.78, 5) is 43.9. The van der Waals surface area contributed by atoms with Crippen LogP contribution in [-0.2, 0) is 11.2 Å². The number of carbonyl (C=O) groups is 1. The molecule has 8 heteroatoms. The molecule has 3 N–H and O–H groups in total. The molecule has 2 aromatic heterocycles. The molecule has 0 saturated carbocycles. The molecule has 138 valence electrons. The number of H-pyrrole nitrogens is 2. The van der Waals surface area contributed by atoms with Crippen molar-refractivity contribution in [1.29, 1.82) is 0 Å². The number of aromatic amines is 2. The molecule has 3 aromatic rings. The summed E-state index contributed by atoms with van der Waals surface area (Å²) in [5, 5.41) is 2.93. The highest BCUT2D eigenvalue weighted by Gasteiger charge is 2.18. The van der Waals surface area contributed by atoms with Crippen LogP contribution in [-0.4, -0.2) is 28.0 Å². The predicted octanol–water partition coefficient (Wildman–Crippen LogP) is 0.915. The van der Waals surface area contributed by atoms with Gasteiger partial charge < -0.3 is 15.0 Å². The topological polar surface area (TPSA) is 117 Å². The first-order valence-electron chi connectivity index (χ1n) is 8.21. The van der Waals surface area contributed by atoms with Gasteiger partial charge in [0, 0.05) is 24.2 Å². The van der Waals surface area contributed by atoms with Crippen molar-refractivity contribution in [3.63, 3.8) is 0 Å². The maximum Gasteiger partial charge on any atom is 0.325 e. The molecule has 27 heavy (non-hydrogen) atoms. The van der Waals surface area contributed by atoms with E-state index in [0.29, 0.717) is 5.75 Å². The maximum atomic E-state index is 12.5. The number of nitrogens with one attached hydrogen (secondary N) is 3. The van der Waals surface area contributed by atoms with Crippen molar-refractivity contribution in [1.82, 2.24) is 20.3 Å². The van der Waals surface area contributed by atoms with Crippen LogP contribution in [0.5, 0.6) is 5.75 Å². The Morgan fingerprint density at radius 2 is 1.78 bits per heavy atom.